The first-order chi connectivity index (χ1) is 9.42. The molecule has 0 radical (unpaired) electrons. The maximum atomic E-state index is 6.35. The van der Waals surface area contributed by atoms with E-state index >= 15 is 0 Å². The standard InChI is InChI=1S/C17H27ClN2/c1-5-17(6-2)12-19-16(3,4)13-20(17)11-14-9-7-8-10-15(14)18/h7-10,19H,5-6,11-13H2,1-4H3. The number of piperazine rings is 1. The van der Waals surface area contributed by atoms with E-state index in [0.717, 1.165) is 37.5 Å². The van der Waals surface area contributed by atoms with Crippen LogP contribution in [-0.4, -0.2) is 29.1 Å². The van der Waals surface area contributed by atoms with Gasteiger partial charge in [0.2, 0.25) is 0 Å². The summed E-state index contributed by atoms with van der Waals surface area (Å²) in [5, 5.41) is 4.59. The van der Waals surface area contributed by atoms with Gasteiger partial charge in [-0.05, 0) is 38.3 Å². The van der Waals surface area contributed by atoms with Gasteiger partial charge in [-0.1, -0.05) is 43.6 Å². The Balaban J connectivity index is 2.26. The molecule has 0 atom stereocenters. The second-order valence-electron chi connectivity index (χ2n) is 6.62. The lowest BCUT2D eigenvalue weighted by molar-refractivity contribution is 0.00235. The Bertz CT molecular complexity index is 452. The van der Waals surface area contributed by atoms with Crippen molar-refractivity contribution in [2.75, 3.05) is 13.1 Å². The summed E-state index contributed by atoms with van der Waals surface area (Å²) >= 11 is 6.35. The first-order valence-electron chi connectivity index (χ1n) is 7.66. The maximum absolute atomic E-state index is 6.35. The van der Waals surface area contributed by atoms with Gasteiger partial charge in [0.1, 0.15) is 0 Å². The van der Waals surface area contributed by atoms with Crippen LogP contribution in [0.1, 0.15) is 46.1 Å². The van der Waals surface area contributed by atoms with Gasteiger partial charge >= 0.3 is 0 Å². The summed E-state index contributed by atoms with van der Waals surface area (Å²) in [6, 6.07) is 8.21. The molecule has 0 spiro atoms. The van der Waals surface area contributed by atoms with Crippen molar-refractivity contribution in [1.29, 1.82) is 0 Å². The minimum Gasteiger partial charge on any atom is -0.309 e. The highest BCUT2D eigenvalue weighted by atomic mass is 35.5. The number of benzene rings is 1. The minimum absolute atomic E-state index is 0.162. The SMILES string of the molecule is CCC1(CC)CNC(C)(C)CN1Cc1ccccc1Cl. The summed E-state index contributed by atoms with van der Waals surface area (Å²) in [5.41, 5.74) is 1.64. The fourth-order valence-electron chi connectivity index (χ4n) is 3.22. The zero-order valence-corrected chi connectivity index (χ0v) is 13.9. The van der Waals surface area contributed by atoms with E-state index in [9.17, 15) is 0 Å². The molecule has 20 heavy (non-hydrogen) atoms. The van der Waals surface area contributed by atoms with Crippen LogP contribution >= 0.6 is 11.6 Å². The van der Waals surface area contributed by atoms with Crippen molar-refractivity contribution in [3.05, 3.63) is 34.9 Å². The molecule has 0 bridgehead atoms. The number of nitrogens with one attached hydrogen (secondary N) is 1. The molecule has 2 rings (SSSR count). The van der Waals surface area contributed by atoms with Gasteiger partial charge in [0, 0.05) is 35.7 Å². The first-order valence-corrected chi connectivity index (χ1v) is 8.04. The Morgan fingerprint density at radius 2 is 1.85 bits per heavy atom. The summed E-state index contributed by atoms with van der Waals surface area (Å²) in [5.74, 6) is 0. The third-order valence-electron chi connectivity index (χ3n) is 4.79. The van der Waals surface area contributed by atoms with Gasteiger partial charge in [-0.25, -0.2) is 0 Å². The summed E-state index contributed by atoms with van der Waals surface area (Å²) in [6.07, 6.45) is 2.33. The van der Waals surface area contributed by atoms with Crippen LogP contribution in [0.4, 0.5) is 0 Å². The first kappa shape index (κ1) is 15.8. The Kier molecular flexibility index (Phi) is 4.78. The highest BCUT2D eigenvalue weighted by Crippen LogP contribution is 2.32. The molecule has 1 aliphatic rings. The Labute approximate surface area is 128 Å². The Hall–Kier alpha value is -0.570. The molecule has 0 aliphatic carbocycles. The van der Waals surface area contributed by atoms with E-state index in [1.807, 2.05) is 12.1 Å². The van der Waals surface area contributed by atoms with Gasteiger partial charge in [0.05, 0.1) is 0 Å². The van der Waals surface area contributed by atoms with E-state index in [4.69, 9.17) is 11.6 Å². The average Bonchev–Trinajstić information content (AvgIpc) is 2.42. The summed E-state index contributed by atoms with van der Waals surface area (Å²) in [7, 11) is 0. The molecule has 1 aliphatic heterocycles. The second-order valence-corrected chi connectivity index (χ2v) is 7.02. The fraction of sp³-hybridized carbons (Fsp3) is 0.647. The molecule has 0 aromatic heterocycles. The number of nitrogens with zero attached hydrogens (tertiary/aromatic N) is 1. The molecule has 1 aromatic rings. The van der Waals surface area contributed by atoms with Crippen molar-refractivity contribution in [2.24, 2.45) is 0 Å². The normalized spacial score (nSPS) is 21.9. The third-order valence-corrected chi connectivity index (χ3v) is 5.16. The lowest BCUT2D eigenvalue weighted by atomic mass is 9.84. The molecule has 1 heterocycles. The van der Waals surface area contributed by atoms with Gasteiger partial charge < -0.3 is 5.32 Å². The molecule has 0 saturated carbocycles. The zero-order chi connectivity index (χ0) is 14.8. The third kappa shape index (κ3) is 3.19. The molecule has 0 unspecified atom stereocenters. The van der Waals surface area contributed by atoms with Gasteiger partial charge in [-0.15, -0.1) is 0 Å². The van der Waals surface area contributed by atoms with Crippen LogP contribution in [0.2, 0.25) is 5.02 Å². The molecule has 112 valence electrons. The van der Waals surface area contributed by atoms with Crippen LogP contribution in [0, 0.1) is 0 Å². The molecule has 1 saturated heterocycles. The molecule has 3 heteroatoms. The van der Waals surface area contributed by atoms with Crippen LogP contribution in [0.3, 0.4) is 0 Å². The highest BCUT2D eigenvalue weighted by molar-refractivity contribution is 6.31. The predicted molar refractivity (Wildman–Crippen MR) is 87.3 cm³/mol. The van der Waals surface area contributed by atoms with Crippen molar-refractivity contribution >= 4 is 11.6 Å². The number of rotatable bonds is 4. The van der Waals surface area contributed by atoms with Gasteiger partial charge in [0.15, 0.2) is 0 Å². The molecular formula is C17H27ClN2. The van der Waals surface area contributed by atoms with E-state index in [0.29, 0.717) is 0 Å². The molecule has 1 fully saturated rings. The quantitative estimate of drug-likeness (QED) is 0.900. The zero-order valence-electron chi connectivity index (χ0n) is 13.2. The molecular weight excluding hydrogens is 268 g/mol. The van der Waals surface area contributed by atoms with E-state index < -0.39 is 0 Å². The van der Waals surface area contributed by atoms with Crippen LogP contribution in [0.25, 0.3) is 0 Å². The number of halogens is 1. The maximum Gasteiger partial charge on any atom is 0.0451 e. The molecule has 1 aromatic carbocycles. The summed E-state index contributed by atoms with van der Waals surface area (Å²) in [6.45, 7) is 12.2. The molecule has 2 nitrogen and oxygen atoms in total. The largest absolute Gasteiger partial charge is 0.309 e. The van der Waals surface area contributed by atoms with Crippen molar-refractivity contribution in [3.63, 3.8) is 0 Å². The van der Waals surface area contributed by atoms with Crippen molar-refractivity contribution < 1.29 is 0 Å². The lowest BCUT2D eigenvalue weighted by Gasteiger charge is -2.52. The van der Waals surface area contributed by atoms with E-state index in [1.54, 1.807) is 0 Å². The van der Waals surface area contributed by atoms with Crippen molar-refractivity contribution in [3.8, 4) is 0 Å². The Morgan fingerprint density at radius 3 is 2.45 bits per heavy atom. The monoisotopic (exact) mass is 294 g/mol. The van der Waals surface area contributed by atoms with Crippen LogP contribution in [0.5, 0.6) is 0 Å². The predicted octanol–water partition coefficient (Wildman–Crippen LogP) is 4.08. The minimum atomic E-state index is 0.162. The second kappa shape index (κ2) is 6.05. The topological polar surface area (TPSA) is 15.3 Å². The van der Waals surface area contributed by atoms with Gasteiger partial charge in [-0.3, -0.25) is 4.90 Å². The lowest BCUT2D eigenvalue weighted by Crippen LogP contribution is -2.67. The number of hydrogen-bond donors (Lipinski definition) is 1. The summed E-state index contributed by atoms with van der Waals surface area (Å²) < 4.78 is 0. The van der Waals surface area contributed by atoms with E-state index in [1.165, 1.54) is 5.56 Å². The number of hydrogen-bond acceptors (Lipinski definition) is 2. The van der Waals surface area contributed by atoms with Crippen molar-refractivity contribution in [1.82, 2.24) is 10.2 Å². The highest BCUT2D eigenvalue weighted by Gasteiger charge is 2.41. The molecule has 1 N–H and O–H groups in total. The van der Waals surface area contributed by atoms with E-state index in [-0.39, 0.29) is 11.1 Å². The average molecular weight is 295 g/mol. The smallest absolute Gasteiger partial charge is 0.0451 e. The summed E-state index contributed by atoms with van der Waals surface area (Å²) in [4.78, 5) is 2.63. The fourth-order valence-corrected chi connectivity index (χ4v) is 3.41. The Morgan fingerprint density at radius 1 is 1.20 bits per heavy atom. The van der Waals surface area contributed by atoms with Crippen LogP contribution in [-0.2, 0) is 6.54 Å². The van der Waals surface area contributed by atoms with Crippen LogP contribution < -0.4 is 5.32 Å². The van der Waals surface area contributed by atoms with Gasteiger partial charge in [-0.2, -0.15) is 0 Å². The van der Waals surface area contributed by atoms with Gasteiger partial charge in [0.25, 0.3) is 0 Å². The van der Waals surface area contributed by atoms with E-state index in [2.05, 4.69) is 50.0 Å². The molecule has 0 amide bonds. The van der Waals surface area contributed by atoms with Crippen LogP contribution in [0.15, 0.2) is 24.3 Å². The van der Waals surface area contributed by atoms with Crippen molar-refractivity contribution in [2.45, 2.75) is 58.2 Å².